The highest BCUT2D eigenvalue weighted by molar-refractivity contribution is 6.30. The molecule has 2 aliphatic rings. The second-order valence-electron chi connectivity index (χ2n) is 8.80. The summed E-state index contributed by atoms with van der Waals surface area (Å²) in [7, 11) is 0. The Hall–Kier alpha value is -2.18. The smallest absolute Gasteiger partial charge is 0.255 e. The van der Waals surface area contributed by atoms with Gasteiger partial charge in [-0.05, 0) is 52.0 Å². The summed E-state index contributed by atoms with van der Waals surface area (Å²) in [4.78, 5) is 24.2. The highest BCUT2D eigenvalue weighted by atomic mass is 35.5. The van der Waals surface area contributed by atoms with Gasteiger partial charge in [0.2, 0.25) is 0 Å². The Labute approximate surface area is 176 Å². The van der Waals surface area contributed by atoms with Gasteiger partial charge in [0.15, 0.2) is 0 Å². The Morgan fingerprint density at radius 2 is 2.14 bits per heavy atom. The minimum atomic E-state index is -0.296. The topological polar surface area (TPSA) is 84.1 Å². The molecule has 1 amide bonds. The molecule has 3 N–H and O–H groups in total. The predicted molar refractivity (Wildman–Crippen MR) is 116 cm³/mol. The molecule has 154 valence electrons. The molecule has 4 rings (SSSR count). The molecule has 7 heteroatoms. The third-order valence-corrected chi connectivity index (χ3v) is 6.19. The Balaban J connectivity index is 1.82. The largest absolute Gasteiger partial charge is 0.368 e. The predicted octanol–water partition coefficient (Wildman–Crippen LogP) is 3.56. The number of amides is 1. The lowest BCUT2D eigenvalue weighted by atomic mass is 9.99. The van der Waals surface area contributed by atoms with Crippen LogP contribution in [0.4, 0.5) is 5.69 Å². The first-order valence-corrected chi connectivity index (χ1v) is 10.6. The van der Waals surface area contributed by atoms with Crippen molar-refractivity contribution in [1.82, 2.24) is 15.3 Å². The summed E-state index contributed by atoms with van der Waals surface area (Å²) >= 11 is 6.22. The average Bonchev–Trinajstić information content (AvgIpc) is 3.44. The molecule has 2 atom stereocenters. The maximum Gasteiger partial charge on any atom is 0.255 e. The maximum atomic E-state index is 13.2. The molecule has 1 aliphatic carbocycles. The zero-order valence-electron chi connectivity index (χ0n) is 17.2. The van der Waals surface area contributed by atoms with Crippen molar-refractivity contribution in [1.29, 1.82) is 0 Å². The molecular weight excluding hydrogens is 386 g/mol. The van der Waals surface area contributed by atoms with Gasteiger partial charge in [-0.25, -0.2) is 0 Å². The van der Waals surface area contributed by atoms with Crippen LogP contribution in [0.2, 0.25) is 5.02 Å². The summed E-state index contributed by atoms with van der Waals surface area (Å²) < 4.78 is 0. The number of carbonyl (C=O) groups is 1. The number of hydrogen-bond acceptors (Lipinski definition) is 5. The van der Waals surface area contributed by atoms with E-state index in [9.17, 15) is 4.79 Å². The molecule has 0 aromatic carbocycles. The van der Waals surface area contributed by atoms with Gasteiger partial charge in [-0.15, -0.1) is 0 Å². The number of hydrogen-bond donors (Lipinski definition) is 2. The number of rotatable bonds is 5. The molecule has 0 spiro atoms. The van der Waals surface area contributed by atoms with Crippen LogP contribution >= 0.6 is 11.6 Å². The van der Waals surface area contributed by atoms with E-state index in [0.717, 1.165) is 35.5 Å². The lowest BCUT2D eigenvalue weighted by Gasteiger charge is -2.27. The standard InChI is InChI=1S/C22H28ClN5O/c1-13(15-4-5-15)27-21(29)18-11-26-14(2)19(16-8-17(23)10-25-9-16)20(18)28-7-6-22(3,24)12-28/h8-11,13,15H,4-7,12,24H2,1-3H3,(H,27,29)/t13?,22-/m0/s1. The van der Waals surface area contributed by atoms with Crippen LogP contribution in [0, 0.1) is 12.8 Å². The number of nitrogens with two attached hydrogens (primary N) is 1. The number of anilines is 1. The van der Waals surface area contributed by atoms with E-state index in [1.165, 1.54) is 12.8 Å². The molecule has 1 aliphatic heterocycles. The highest BCUT2D eigenvalue weighted by Crippen LogP contribution is 2.39. The van der Waals surface area contributed by atoms with E-state index < -0.39 is 0 Å². The Kier molecular flexibility index (Phi) is 5.25. The van der Waals surface area contributed by atoms with E-state index >= 15 is 0 Å². The second-order valence-corrected chi connectivity index (χ2v) is 9.23. The van der Waals surface area contributed by atoms with E-state index in [1.807, 2.05) is 13.0 Å². The van der Waals surface area contributed by atoms with E-state index in [0.29, 0.717) is 23.0 Å². The van der Waals surface area contributed by atoms with Gasteiger partial charge in [-0.3, -0.25) is 14.8 Å². The Morgan fingerprint density at radius 3 is 2.76 bits per heavy atom. The second kappa shape index (κ2) is 7.58. The van der Waals surface area contributed by atoms with Gasteiger partial charge in [0.1, 0.15) is 0 Å². The van der Waals surface area contributed by atoms with Crippen molar-refractivity contribution >= 4 is 23.2 Å². The number of carbonyl (C=O) groups excluding carboxylic acids is 1. The summed E-state index contributed by atoms with van der Waals surface area (Å²) in [5.74, 6) is 0.491. The molecule has 3 heterocycles. The van der Waals surface area contributed by atoms with E-state index in [1.54, 1.807) is 18.6 Å². The van der Waals surface area contributed by atoms with Crippen molar-refractivity contribution in [3.63, 3.8) is 0 Å². The maximum absolute atomic E-state index is 13.2. The fourth-order valence-electron chi connectivity index (χ4n) is 4.16. The van der Waals surface area contributed by atoms with Crippen molar-refractivity contribution in [2.75, 3.05) is 18.0 Å². The zero-order chi connectivity index (χ0) is 20.8. The van der Waals surface area contributed by atoms with Gasteiger partial charge in [0.05, 0.1) is 16.3 Å². The molecule has 1 saturated heterocycles. The van der Waals surface area contributed by atoms with Crippen LogP contribution in [-0.2, 0) is 0 Å². The van der Waals surface area contributed by atoms with Crippen LogP contribution < -0.4 is 16.0 Å². The third kappa shape index (κ3) is 4.23. The molecule has 1 saturated carbocycles. The summed E-state index contributed by atoms with van der Waals surface area (Å²) in [6.45, 7) is 7.54. The lowest BCUT2D eigenvalue weighted by molar-refractivity contribution is 0.0936. The fourth-order valence-corrected chi connectivity index (χ4v) is 4.33. The first-order chi connectivity index (χ1) is 13.7. The highest BCUT2D eigenvalue weighted by Gasteiger charge is 2.35. The number of aryl methyl sites for hydroxylation is 1. The summed E-state index contributed by atoms with van der Waals surface area (Å²) in [6, 6.07) is 2.03. The van der Waals surface area contributed by atoms with Crippen molar-refractivity contribution in [2.24, 2.45) is 11.7 Å². The van der Waals surface area contributed by atoms with Crippen LogP contribution in [0.5, 0.6) is 0 Å². The average molecular weight is 414 g/mol. The van der Waals surface area contributed by atoms with E-state index in [-0.39, 0.29) is 17.5 Å². The normalized spacial score (nSPS) is 22.6. The number of halogens is 1. The zero-order valence-corrected chi connectivity index (χ0v) is 18.0. The number of pyridine rings is 2. The minimum Gasteiger partial charge on any atom is -0.368 e. The fraction of sp³-hybridized carbons (Fsp3) is 0.500. The molecular formula is C22H28ClN5O. The van der Waals surface area contributed by atoms with E-state index in [4.69, 9.17) is 17.3 Å². The Bertz CT molecular complexity index is 941. The quantitative estimate of drug-likeness (QED) is 0.782. The first kappa shape index (κ1) is 20.1. The van der Waals surface area contributed by atoms with Crippen LogP contribution in [0.1, 0.15) is 49.2 Å². The van der Waals surface area contributed by atoms with Crippen LogP contribution in [0.25, 0.3) is 11.1 Å². The summed E-state index contributed by atoms with van der Waals surface area (Å²) in [6.07, 6.45) is 8.28. The van der Waals surface area contributed by atoms with Crippen molar-refractivity contribution in [3.8, 4) is 11.1 Å². The van der Waals surface area contributed by atoms with E-state index in [2.05, 4.69) is 34.0 Å². The third-order valence-electron chi connectivity index (χ3n) is 5.99. The van der Waals surface area contributed by atoms with Gasteiger partial charge in [-0.1, -0.05) is 11.6 Å². The van der Waals surface area contributed by atoms with Gasteiger partial charge in [0.25, 0.3) is 5.91 Å². The number of aromatic nitrogens is 2. The van der Waals surface area contributed by atoms with Gasteiger partial charge in [-0.2, -0.15) is 0 Å². The lowest BCUT2D eigenvalue weighted by Crippen LogP contribution is -2.40. The minimum absolute atomic E-state index is 0.0891. The summed E-state index contributed by atoms with van der Waals surface area (Å²) in [5.41, 5.74) is 10.2. The molecule has 1 unspecified atom stereocenters. The van der Waals surface area contributed by atoms with Crippen molar-refractivity contribution in [3.05, 3.63) is 40.9 Å². The molecule has 29 heavy (non-hydrogen) atoms. The first-order valence-electron chi connectivity index (χ1n) is 10.2. The monoisotopic (exact) mass is 413 g/mol. The van der Waals surface area contributed by atoms with Crippen LogP contribution in [-0.4, -0.2) is 40.5 Å². The van der Waals surface area contributed by atoms with Gasteiger partial charge >= 0.3 is 0 Å². The van der Waals surface area contributed by atoms with Gasteiger partial charge in [0, 0.05) is 60.1 Å². The number of nitrogens with zero attached hydrogens (tertiary/aromatic N) is 3. The molecule has 6 nitrogen and oxygen atoms in total. The summed E-state index contributed by atoms with van der Waals surface area (Å²) in [5, 5.41) is 3.72. The molecule has 2 aromatic heterocycles. The molecule has 2 fully saturated rings. The van der Waals surface area contributed by atoms with Crippen LogP contribution in [0.3, 0.4) is 0 Å². The Morgan fingerprint density at radius 1 is 1.38 bits per heavy atom. The van der Waals surface area contributed by atoms with Crippen molar-refractivity contribution < 1.29 is 4.79 Å². The van der Waals surface area contributed by atoms with Gasteiger partial charge < -0.3 is 16.0 Å². The van der Waals surface area contributed by atoms with Crippen molar-refractivity contribution in [2.45, 2.75) is 51.6 Å². The molecule has 2 aromatic rings. The number of nitrogens with one attached hydrogen (secondary N) is 1. The molecule has 0 bridgehead atoms. The SMILES string of the molecule is Cc1ncc(C(=O)NC(C)C2CC2)c(N2CC[C@](C)(N)C2)c1-c1cncc(Cl)c1. The molecule has 0 radical (unpaired) electrons. The van der Waals surface area contributed by atoms with Crippen LogP contribution in [0.15, 0.2) is 24.7 Å².